The van der Waals surface area contributed by atoms with Gasteiger partial charge in [0.1, 0.15) is 5.60 Å². The highest BCUT2D eigenvalue weighted by Crippen LogP contribution is 2.48. The Bertz CT molecular complexity index is 918. The summed E-state index contributed by atoms with van der Waals surface area (Å²) in [5, 5.41) is 10.2. The first-order chi connectivity index (χ1) is 14.6. The molecule has 0 aromatic heterocycles. The van der Waals surface area contributed by atoms with Crippen LogP contribution in [0.15, 0.2) is 29.2 Å². The molecule has 1 aromatic carbocycles. The minimum atomic E-state index is -3.88. The molecular weight excluding hydrogens is 444 g/mol. The molecule has 31 heavy (non-hydrogen) atoms. The number of amides is 1. The third-order valence-corrected chi connectivity index (χ3v) is 8.62. The molecule has 1 aliphatic carbocycles. The number of carbonyl (C=O) groups excluding carboxylic acids is 1. The number of halogens is 1. The third-order valence-electron chi connectivity index (χ3n) is 6.42. The SMILES string of the molecule is CC(C)[C@@H]1COC[C@H](C2(OC(=O)N3CC[C@@H](O)C3)CC2)N1S(=O)(=O)c1ccc(Cl)cc1. The van der Waals surface area contributed by atoms with Crippen LogP contribution in [0.25, 0.3) is 0 Å². The van der Waals surface area contributed by atoms with E-state index in [1.807, 2.05) is 13.8 Å². The Morgan fingerprint density at radius 2 is 1.94 bits per heavy atom. The molecule has 3 aliphatic rings. The molecule has 1 aromatic rings. The van der Waals surface area contributed by atoms with Crippen molar-refractivity contribution in [1.82, 2.24) is 9.21 Å². The molecule has 0 unspecified atom stereocenters. The highest BCUT2D eigenvalue weighted by Gasteiger charge is 2.60. The van der Waals surface area contributed by atoms with Crippen LogP contribution in [0.2, 0.25) is 5.02 Å². The van der Waals surface area contributed by atoms with Crippen LogP contribution < -0.4 is 0 Å². The molecule has 1 amide bonds. The zero-order valence-corrected chi connectivity index (χ0v) is 19.3. The molecule has 3 atom stereocenters. The van der Waals surface area contributed by atoms with Gasteiger partial charge in [-0.3, -0.25) is 0 Å². The van der Waals surface area contributed by atoms with Crippen LogP contribution in [0.1, 0.15) is 33.1 Å². The topological polar surface area (TPSA) is 96.4 Å². The van der Waals surface area contributed by atoms with Crippen LogP contribution in [0, 0.1) is 5.92 Å². The van der Waals surface area contributed by atoms with Gasteiger partial charge in [-0.1, -0.05) is 25.4 Å². The lowest BCUT2D eigenvalue weighted by Gasteiger charge is -2.45. The van der Waals surface area contributed by atoms with Crippen molar-refractivity contribution in [2.75, 3.05) is 26.3 Å². The summed E-state index contributed by atoms with van der Waals surface area (Å²) in [5.74, 6) is 0.00473. The lowest BCUT2D eigenvalue weighted by molar-refractivity contribution is -0.0793. The molecule has 8 nitrogen and oxygen atoms in total. The maximum atomic E-state index is 13.7. The van der Waals surface area contributed by atoms with E-state index in [0.717, 1.165) is 0 Å². The van der Waals surface area contributed by atoms with E-state index in [4.69, 9.17) is 21.1 Å². The van der Waals surface area contributed by atoms with E-state index < -0.39 is 33.9 Å². The number of carbonyl (C=O) groups is 1. The molecule has 3 fully saturated rings. The highest BCUT2D eigenvalue weighted by molar-refractivity contribution is 7.89. The van der Waals surface area contributed by atoms with E-state index >= 15 is 0 Å². The monoisotopic (exact) mass is 472 g/mol. The van der Waals surface area contributed by atoms with Gasteiger partial charge in [-0.2, -0.15) is 4.31 Å². The first kappa shape index (κ1) is 22.8. The number of hydrogen-bond acceptors (Lipinski definition) is 6. The zero-order chi connectivity index (χ0) is 22.4. The van der Waals surface area contributed by atoms with Crippen LogP contribution in [-0.2, 0) is 19.5 Å². The van der Waals surface area contributed by atoms with E-state index in [1.54, 1.807) is 12.1 Å². The zero-order valence-electron chi connectivity index (χ0n) is 17.7. The van der Waals surface area contributed by atoms with Crippen LogP contribution in [0.3, 0.4) is 0 Å². The standard InChI is InChI=1S/C21H29ClN2O6S/c1-14(2)18-12-29-13-19(24(18)31(27,28)17-5-3-15(22)4-6-17)21(8-9-21)30-20(26)23-10-7-16(25)11-23/h3-6,14,16,18-19,25H,7-13H2,1-2H3/t16-,18+,19-/m1/s1. The van der Waals surface area contributed by atoms with E-state index in [1.165, 1.54) is 21.3 Å². The second-order valence-electron chi connectivity index (χ2n) is 8.97. The van der Waals surface area contributed by atoms with Crippen molar-refractivity contribution in [3.63, 3.8) is 0 Å². The van der Waals surface area contributed by atoms with Crippen LogP contribution in [-0.4, -0.2) is 78.9 Å². The van der Waals surface area contributed by atoms with Gasteiger partial charge in [-0.05, 0) is 49.4 Å². The number of morpholine rings is 1. The number of aliphatic hydroxyl groups excluding tert-OH is 1. The van der Waals surface area contributed by atoms with Crippen molar-refractivity contribution >= 4 is 27.7 Å². The Balaban J connectivity index is 1.64. The van der Waals surface area contributed by atoms with Gasteiger partial charge in [0.2, 0.25) is 10.0 Å². The number of nitrogens with zero attached hydrogens (tertiary/aromatic N) is 2. The molecule has 10 heteroatoms. The molecule has 0 spiro atoms. The number of ether oxygens (including phenoxy) is 2. The average Bonchev–Trinajstić information content (AvgIpc) is 3.38. The quantitative estimate of drug-likeness (QED) is 0.707. The molecule has 1 N–H and O–H groups in total. The Hall–Kier alpha value is -1.39. The van der Waals surface area contributed by atoms with Gasteiger partial charge < -0.3 is 19.5 Å². The van der Waals surface area contributed by atoms with Crippen LogP contribution >= 0.6 is 11.6 Å². The summed E-state index contributed by atoms with van der Waals surface area (Å²) < 4.78 is 40.7. The predicted octanol–water partition coefficient (Wildman–Crippen LogP) is 2.49. The average molecular weight is 473 g/mol. The van der Waals surface area contributed by atoms with Gasteiger partial charge in [-0.15, -0.1) is 0 Å². The summed E-state index contributed by atoms with van der Waals surface area (Å²) in [6, 6.07) is 5.10. The van der Waals surface area contributed by atoms with Gasteiger partial charge in [0.05, 0.1) is 36.3 Å². The maximum Gasteiger partial charge on any atom is 0.410 e. The minimum absolute atomic E-state index is 0.00473. The molecule has 172 valence electrons. The summed E-state index contributed by atoms with van der Waals surface area (Å²) in [6.45, 7) is 5.02. The number of sulfonamides is 1. The van der Waals surface area contributed by atoms with Gasteiger partial charge in [0.25, 0.3) is 0 Å². The molecule has 2 heterocycles. The van der Waals surface area contributed by atoms with Crippen molar-refractivity contribution in [3.05, 3.63) is 29.3 Å². The third kappa shape index (κ3) is 4.43. The van der Waals surface area contributed by atoms with E-state index in [0.29, 0.717) is 30.8 Å². The van der Waals surface area contributed by atoms with Crippen molar-refractivity contribution in [3.8, 4) is 0 Å². The van der Waals surface area contributed by atoms with Gasteiger partial charge in [-0.25, -0.2) is 13.2 Å². The Kier molecular flexibility index (Phi) is 6.26. The number of β-amino-alcohol motifs (C(OH)–C–C–N with tert-alkyl or cyclic N) is 1. The summed E-state index contributed by atoms with van der Waals surface area (Å²) in [6.07, 6.45) is 0.597. The Morgan fingerprint density at radius 3 is 2.48 bits per heavy atom. The number of rotatable bonds is 5. The maximum absolute atomic E-state index is 13.7. The van der Waals surface area contributed by atoms with E-state index in [-0.39, 0.29) is 36.6 Å². The first-order valence-corrected chi connectivity index (χ1v) is 12.5. The molecule has 0 bridgehead atoms. The molecule has 2 saturated heterocycles. The normalized spacial score (nSPS) is 28.7. The van der Waals surface area contributed by atoms with Crippen LogP contribution in [0.5, 0.6) is 0 Å². The fraction of sp³-hybridized carbons (Fsp3) is 0.667. The second-order valence-corrected chi connectivity index (χ2v) is 11.3. The van der Waals surface area contributed by atoms with Crippen molar-refractivity contribution in [2.45, 2.75) is 61.8 Å². The fourth-order valence-corrected chi connectivity index (χ4v) is 6.49. The van der Waals surface area contributed by atoms with Crippen LogP contribution in [0.4, 0.5) is 4.79 Å². The first-order valence-electron chi connectivity index (χ1n) is 10.7. The molecule has 4 rings (SSSR count). The fourth-order valence-electron chi connectivity index (χ4n) is 4.40. The lowest BCUT2D eigenvalue weighted by atomic mass is 9.99. The number of hydrogen-bond donors (Lipinski definition) is 1. The molecule has 0 radical (unpaired) electrons. The summed E-state index contributed by atoms with van der Waals surface area (Å²) >= 11 is 5.96. The van der Waals surface area contributed by atoms with Gasteiger partial charge in [0, 0.05) is 18.1 Å². The smallest absolute Gasteiger partial charge is 0.410 e. The summed E-state index contributed by atoms with van der Waals surface area (Å²) in [4.78, 5) is 14.4. The lowest BCUT2D eigenvalue weighted by Crippen LogP contribution is -2.62. The number of benzene rings is 1. The minimum Gasteiger partial charge on any atom is -0.441 e. The van der Waals surface area contributed by atoms with E-state index in [2.05, 4.69) is 0 Å². The molecular formula is C21H29ClN2O6S. The second kappa shape index (κ2) is 8.51. The van der Waals surface area contributed by atoms with E-state index in [9.17, 15) is 18.3 Å². The summed E-state index contributed by atoms with van der Waals surface area (Å²) in [5.41, 5.74) is -0.919. The molecule has 1 saturated carbocycles. The van der Waals surface area contributed by atoms with Crippen molar-refractivity contribution in [2.24, 2.45) is 5.92 Å². The van der Waals surface area contributed by atoms with Crippen molar-refractivity contribution in [1.29, 1.82) is 0 Å². The number of aliphatic hydroxyl groups is 1. The predicted molar refractivity (Wildman–Crippen MR) is 114 cm³/mol. The van der Waals surface area contributed by atoms with Gasteiger partial charge >= 0.3 is 6.09 Å². The largest absolute Gasteiger partial charge is 0.441 e. The number of likely N-dealkylation sites (tertiary alicyclic amines) is 1. The Labute approximate surface area is 188 Å². The highest BCUT2D eigenvalue weighted by atomic mass is 35.5. The van der Waals surface area contributed by atoms with Crippen molar-refractivity contribution < 1.29 is 27.8 Å². The summed E-state index contributed by atoms with van der Waals surface area (Å²) in [7, 11) is -3.88. The molecule has 2 aliphatic heterocycles. The Morgan fingerprint density at radius 1 is 1.26 bits per heavy atom. The van der Waals surface area contributed by atoms with Gasteiger partial charge in [0.15, 0.2) is 0 Å².